The number of nitrogens with zero attached hydrogens (tertiary/aromatic N) is 2. The van der Waals surface area contributed by atoms with Crippen molar-refractivity contribution >= 4 is 11.8 Å². The van der Waals surface area contributed by atoms with Crippen molar-refractivity contribution in [3.63, 3.8) is 0 Å². The highest BCUT2D eigenvalue weighted by atomic mass is 16.5. The van der Waals surface area contributed by atoms with Crippen LogP contribution in [0.25, 0.3) is 0 Å². The number of aromatic nitrogens is 1. The summed E-state index contributed by atoms with van der Waals surface area (Å²) in [5, 5.41) is 9.01. The number of anilines is 1. The number of carbonyl (C=O) groups is 1. The number of ether oxygens (including phenoxy) is 1. The Balaban J connectivity index is 2.14. The van der Waals surface area contributed by atoms with Gasteiger partial charge in [0.15, 0.2) is 0 Å². The summed E-state index contributed by atoms with van der Waals surface area (Å²) in [5.74, 6) is 0.610. The van der Waals surface area contributed by atoms with Gasteiger partial charge in [0.1, 0.15) is 11.6 Å². The molecule has 5 heteroatoms. The quantitative estimate of drug-likeness (QED) is 0.915. The lowest BCUT2D eigenvalue weighted by Crippen LogP contribution is -2.18. The number of rotatable bonds is 5. The third-order valence-corrected chi connectivity index (χ3v) is 3.27. The molecule has 110 valence electrons. The van der Waals surface area contributed by atoms with E-state index in [9.17, 15) is 4.79 Å². The first-order chi connectivity index (χ1) is 10.0. The molecular formula is C16H18N2O3. The highest BCUT2D eigenvalue weighted by molar-refractivity contribution is 5.89. The van der Waals surface area contributed by atoms with Gasteiger partial charge in [-0.05, 0) is 36.8 Å². The number of hydrogen-bond acceptors (Lipinski definition) is 4. The van der Waals surface area contributed by atoms with Gasteiger partial charge in [0, 0.05) is 13.6 Å². The van der Waals surface area contributed by atoms with Crippen molar-refractivity contribution in [2.45, 2.75) is 13.5 Å². The molecule has 0 aliphatic carbocycles. The summed E-state index contributed by atoms with van der Waals surface area (Å²) in [5.41, 5.74) is 1.87. The number of aryl methyl sites for hydroxylation is 1. The minimum Gasteiger partial charge on any atom is -0.497 e. The lowest BCUT2D eigenvalue weighted by Gasteiger charge is -2.19. The van der Waals surface area contributed by atoms with Crippen molar-refractivity contribution in [1.82, 2.24) is 4.98 Å². The molecule has 0 unspecified atom stereocenters. The molecule has 0 saturated heterocycles. The van der Waals surface area contributed by atoms with Crippen LogP contribution >= 0.6 is 0 Å². The average molecular weight is 286 g/mol. The number of pyridine rings is 1. The van der Waals surface area contributed by atoms with E-state index in [1.165, 1.54) is 0 Å². The summed E-state index contributed by atoms with van der Waals surface area (Å²) >= 11 is 0. The Morgan fingerprint density at radius 1 is 1.24 bits per heavy atom. The number of aromatic carboxylic acids is 1. The van der Waals surface area contributed by atoms with Crippen molar-refractivity contribution in [2.24, 2.45) is 0 Å². The van der Waals surface area contributed by atoms with Gasteiger partial charge >= 0.3 is 5.97 Å². The van der Waals surface area contributed by atoms with Crippen LogP contribution in [0.5, 0.6) is 5.75 Å². The summed E-state index contributed by atoms with van der Waals surface area (Å²) in [4.78, 5) is 17.3. The standard InChI is InChI=1S/C16H18N2O3/c1-11-14(16(19)20)8-9-15(17-11)18(2)10-12-4-6-13(21-3)7-5-12/h4-9H,10H2,1-3H3,(H,19,20). The highest BCUT2D eigenvalue weighted by Gasteiger charge is 2.11. The molecule has 5 nitrogen and oxygen atoms in total. The van der Waals surface area contributed by atoms with Gasteiger partial charge in [-0.2, -0.15) is 0 Å². The number of benzene rings is 1. The first-order valence-electron chi connectivity index (χ1n) is 6.56. The van der Waals surface area contributed by atoms with Gasteiger partial charge in [0.05, 0.1) is 18.4 Å². The molecule has 2 aromatic rings. The molecule has 1 N–H and O–H groups in total. The smallest absolute Gasteiger partial charge is 0.337 e. The number of carboxylic acids is 1. The molecule has 0 saturated carbocycles. The summed E-state index contributed by atoms with van der Waals surface area (Å²) in [7, 11) is 3.56. The second-order valence-corrected chi connectivity index (χ2v) is 4.81. The van der Waals surface area contributed by atoms with E-state index in [0.29, 0.717) is 12.2 Å². The lowest BCUT2D eigenvalue weighted by atomic mass is 10.2. The van der Waals surface area contributed by atoms with E-state index < -0.39 is 5.97 Å². The zero-order valence-electron chi connectivity index (χ0n) is 12.3. The third kappa shape index (κ3) is 3.51. The predicted octanol–water partition coefficient (Wildman–Crippen LogP) is 2.73. The van der Waals surface area contributed by atoms with E-state index in [1.54, 1.807) is 26.2 Å². The largest absolute Gasteiger partial charge is 0.497 e. The van der Waals surface area contributed by atoms with Crippen LogP contribution in [0.4, 0.5) is 5.82 Å². The zero-order valence-corrected chi connectivity index (χ0v) is 12.3. The summed E-state index contributed by atoms with van der Waals surface area (Å²) < 4.78 is 5.13. The van der Waals surface area contributed by atoms with Crippen LogP contribution < -0.4 is 9.64 Å². The molecule has 0 aliphatic heterocycles. The fourth-order valence-corrected chi connectivity index (χ4v) is 2.07. The fourth-order valence-electron chi connectivity index (χ4n) is 2.07. The van der Waals surface area contributed by atoms with Crippen molar-refractivity contribution in [1.29, 1.82) is 0 Å². The molecule has 0 spiro atoms. The Morgan fingerprint density at radius 3 is 2.43 bits per heavy atom. The van der Waals surface area contributed by atoms with E-state index in [2.05, 4.69) is 4.98 Å². The van der Waals surface area contributed by atoms with E-state index >= 15 is 0 Å². The molecule has 1 aromatic heterocycles. The molecule has 2 rings (SSSR count). The topological polar surface area (TPSA) is 62.7 Å². The Bertz CT molecular complexity index is 638. The van der Waals surface area contributed by atoms with Gasteiger partial charge in [-0.1, -0.05) is 12.1 Å². The second-order valence-electron chi connectivity index (χ2n) is 4.81. The monoisotopic (exact) mass is 286 g/mol. The maximum atomic E-state index is 11.0. The predicted molar refractivity (Wildman–Crippen MR) is 81.0 cm³/mol. The van der Waals surface area contributed by atoms with Crippen molar-refractivity contribution in [3.05, 3.63) is 53.2 Å². The highest BCUT2D eigenvalue weighted by Crippen LogP contribution is 2.17. The van der Waals surface area contributed by atoms with Gasteiger partial charge in [0.25, 0.3) is 0 Å². The second kappa shape index (κ2) is 6.26. The molecular weight excluding hydrogens is 268 g/mol. The molecule has 0 amide bonds. The van der Waals surface area contributed by atoms with E-state index in [1.807, 2.05) is 36.2 Å². The third-order valence-electron chi connectivity index (χ3n) is 3.27. The molecule has 0 aliphatic rings. The van der Waals surface area contributed by atoms with Crippen LogP contribution in [0.3, 0.4) is 0 Å². The summed E-state index contributed by atoms with van der Waals surface area (Å²) in [6, 6.07) is 11.1. The van der Waals surface area contributed by atoms with Crippen molar-refractivity contribution in [3.8, 4) is 5.75 Å². The number of methoxy groups -OCH3 is 1. The van der Waals surface area contributed by atoms with Crippen LogP contribution in [-0.2, 0) is 6.54 Å². The van der Waals surface area contributed by atoms with Crippen LogP contribution in [0, 0.1) is 6.92 Å². The van der Waals surface area contributed by atoms with Crippen LogP contribution in [-0.4, -0.2) is 30.2 Å². The maximum Gasteiger partial charge on any atom is 0.337 e. The lowest BCUT2D eigenvalue weighted by molar-refractivity contribution is 0.0695. The normalized spacial score (nSPS) is 10.2. The first kappa shape index (κ1) is 14.8. The Morgan fingerprint density at radius 2 is 1.90 bits per heavy atom. The Hall–Kier alpha value is -2.56. The molecule has 0 radical (unpaired) electrons. The molecule has 0 bridgehead atoms. The van der Waals surface area contributed by atoms with Crippen molar-refractivity contribution in [2.75, 3.05) is 19.1 Å². The maximum absolute atomic E-state index is 11.0. The van der Waals surface area contributed by atoms with Crippen LogP contribution in [0.1, 0.15) is 21.6 Å². The van der Waals surface area contributed by atoms with Gasteiger partial charge in [-0.15, -0.1) is 0 Å². The Labute approximate surface area is 123 Å². The van der Waals surface area contributed by atoms with E-state index in [4.69, 9.17) is 9.84 Å². The fraction of sp³-hybridized carbons (Fsp3) is 0.250. The van der Waals surface area contributed by atoms with Gasteiger partial charge in [-0.25, -0.2) is 9.78 Å². The van der Waals surface area contributed by atoms with Crippen LogP contribution in [0.2, 0.25) is 0 Å². The number of hydrogen-bond donors (Lipinski definition) is 1. The Kier molecular flexibility index (Phi) is 4.42. The van der Waals surface area contributed by atoms with Gasteiger partial charge in [-0.3, -0.25) is 0 Å². The molecule has 1 aromatic carbocycles. The van der Waals surface area contributed by atoms with Gasteiger partial charge in [0.2, 0.25) is 0 Å². The van der Waals surface area contributed by atoms with Crippen molar-refractivity contribution < 1.29 is 14.6 Å². The molecule has 0 fully saturated rings. The van der Waals surface area contributed by atoms with E-state index in [0.717, 1.165) is 17.1 Å². The zero-order chi connectivity index (χ0) is 15.4. The first-order valence-corrected chi connectivity index (χ1v) is 6.56. The SMILES string of the molecule is COc1ccc(CN(C)c2ccc(C(=O)O)c(C)n2)cc1. The molecule has 21 heavy (non-hydrogen) atoms. The summed E-state index contributed by atoms with van der Waals surface area (Å²) in [6.45, 7) is 2.39. The summed E-state index contributed by atoms with van der Waals surface area (Å²) in [6.07, 6.45) is 0. The molecule has 0 atom stereocenters. The van der Waals surface area contributed by atoms with Gasteiger partial charge < -0.3 is 14.7 Å². The minimum absolute atomic E-state index is 0.233. The van der Waals surface area contributed by atoms with E-state index in [-0.39, 0.29) is 5.56 Å². The number of carboxylic acid groups (broad SMARTS) is 1. The van der Waals surface area contributed by atoms with Crippen LogP contribution in [0.15, 0.2) is 36.4 Å². The minimum atomic E-state index is -0.954. The average Bonchev–Trinajstić information content (AvgIpc) is 2.47. The molecule has 1 heterocycles.